The number of aliphatic imine (C=N–C) groups is 1. The summed E-state index contributed by atoms with van der Waals surface area (Å²) in [5, 5.41) is 0.981. The Hall–Kier alpha value is -2.69. The zero-order valence-corrected chi connectivity index (χ0v) is 13.2. The highest BCUT2D eigenvalue weighted by molar-refractivity contribution is 6.05. The highest BCUT2D eigenvalue weighted by atomic mass is 16.1. The number of hydrogen-bond acceptors (Lipinski definition) is 2. The van der Waals surface area contributed by atoms with Crippen molar-refractivity contribution in [2.75, 3.05) is 0 Å². The maximum absolute atomic E-state index is 12.1. The van der Waals surface area contributed by atoms with E-state index in [9.17, 15) is 4.79 Å². The number of carbonyl (C=O) groups is 1. The summed E-state index contributed by atoms with van der Waals surface area (Å²) in [6, 6.07) is 5.39. The fraction of sp³-hybridized carbons (Fsp3) is 0.278. The number of aryl methyl sites for hydroxylation is 1. The molecule has 0 spiro atoms. The minimum Gasteiger partial charge on any atom is -0.370 e. The Morgan fingerprint density at radius 2 is 2.09 bits per heavy atom. The first kappa shape index (κ1) is 15.2. The van der Waals surface area contributed by atoms with Gasteiger partial charge in [-0.25, -0.2) is 0 Å². The molecule has 0 bridgehead atoms. The van der Waals surface area contributed by atoms with Gasteiger partial charge in [0.1, 0.15) is 0 Å². The molecular formula is C18H20N4O. The van der Waals surface area contributed by atoms with Crippen LogP contribution in [0.1, 0.15) is 47.2 Å². The molecule has 0 saturated carbocycles. The first-order valence-corrected chi connectivity index (χ1v) is 7.79. The molecule has 4 N–H and O–H groups in total. The van der Waals surface area contributed by atoms with Gasteiger partial charge in [-0.15, -0.1) is 0 Å². The van der Waals surface area contributed by atoms with Crippen LogP contribution in [0.15, 0.2) is 35.5 Å². The maximum Gasteiger partial charge on any atom is 0.280 e. The summed E-state index contributed by atoms with van der Waals surface area (Å²) in [5.41, 5.74) is 15.6. The van der Waals surface area contributed by atoms with Crippen LogP contribution < -0.4 is 11.5 Å². The molecule has 1 aromatic heterocycles. The number of rotatable bonds is 2. The molecule has 1 aliphatic carbocycles. The number of nitrogens with two attached hydrogens (primary N) is 2. The van der Waals surface area contributed by atoms with Crippen LogP contribution in [0, 0.1) is 6.92 Å². The van der Waals surface area contributed by atoms with E-state index < -0.39 is 5.91 Å². The van der Waals surface area contributed by atoms with E-state index in [1.807, 2.05) is 18.3 Å². The third-order valence-corrected chi connectivity index (χ3v) is 4.15. The van der Waals surface area contributed by atoms with Gasteiger partial charge >= 0.3 is 0 Å². The number of carbonyl (C=O) groups excluding carboxylic acids is 1. The average Bonchev–Trinajstić information content (AvgIpc) is 2.54. The molecule has 0 saturated heterocycles. The van der Waals surface area contributed by atoms with Crippen molar-refractivity contribution < 1.29 is 4.79 Å². The summed E-state index contributed by atoms with van der Waals surface area (Å²) in [6.45, 7) is 2.06. The summed E-state index contributed by atoms with van der Waals surface area (Å²) < 4.78 is 0. The molecule has 1 heterocycles. The van der Waals surface area contributed by atoms with Gasteiger partial charge in [-0.05, 0) is 67.5 Å². The average molecular weight is 308 g/mol. The Morgan fingerprint density at radius 3 is 2.78 bits per heavy atom. The molecule has 0 fully saturated rings. The largest absolute Gasteiger partial charge is 0.370 e. The maximum atomic E-state index is 12.1. The highest BCUT2D eigenvalue weighted by Gasteiger charge is 2.15. The summed E-state index contributed by atoms with van der Waals surface area (Å²) in [4.78, 5) is 20.2. The summed E-state index contributed by atoms with van der Waals surface area (Å²) in [7, 11) is 0. The van der Waals surface area contributed by atoms with Crippen molar-refractivity contribution in [1.82, 2.24) is 4.98 Å². The van der Waals surface area contributed by atoms with Crippen LogP contribution in [0.5, 0.6) is 0 Å². The number of benzene rings is 1. The third kappa shape index (κ3) is 3.08. The van der Waals surface area contributed by atoms with Crippen LogP contribution >= 0.6 is 0 Å². The minimum atomic E-state index is -0.433. The Balaban J connectivity index is 2.18. The minimum absolute atomic E-state index is 0.229. The lowest BCUT2D eigenvalue weighted by Crippen LogP contribution is -2.24. The van der Waals surface area contributed by atoms with Gasteiger partial charge in [-0.2, -0.15) is 4.99 Å². The molecule has 1 amide bonds. The summed E-state index contributed by atoms with van der Waals surface area (Å²) in [5.74, 6) is -0.662. The first-order chi connectivity index (χ1) is 11.1. The molecule has 0 unspecified atom stereocenters. The van der Waals surface area contributed by atoms with E-state index in [1.54, 1.807) is 6.07 Å². The number of guanidine groups is 1. The second-order valence-corrected chi connectivity index (χ2v) is 5.87. The van der Waals surface area contributed by atoms with Crippen LogP contribution in [-0.2, 0) is 0 Å². The predicted molar refractivity (Wildman–Crippen MR) is 93.1 cm³/mol. The van der Waals surface area contributed by atoms with Gasteiger partial charge in [0.2, 0.25) is 0 Å². The number of allylic oxidation sites excluding steroid dienone is 2. The zero-order valence-electron chi connectivity index (χ0n) is 13.2. The summed E-state index contributed by atoms with van der Waals surface area (Å²) >= 11 is 0. The number of aromatic nitrogens is 1. The second kappa shape index (κ2) is 6.20. The van der Waals surface area contributed by atoms with Crippen molar-refractivity contribution in [2.45, 2.75) is 32.6 Å². The van der Waals surface area contributed by atoms with E-state index in [1.165, 1.54) is 24.0 Å². The molecule has 5 nitrogen and oxygen atoms in total. The quantitative estimate of drug-likeness (QED) is 0.658. The van der Waals surface area contributed by atoms with E-state index in [2.05, 4.69) is 23.0 Å². The van der Waals surface area contributed by atoms with Crippen molar-refractivity contribution >= 4 is 28.3 Å². The normalized spacial score (nSPS) is 14.4. The fourth-order valence-corrected chi connectivity index (χ4v) is 3.10. The molecule has 0 aliphatic heterocycles. The van der Waals surface area contributed by atoms with Gasteiger partial charge in [0, 0.05) is 17.1 Å². The van der Waals surface area contributed by atoms with Gasteiger partial charge < -0.3 is 11.5 Å². The van der Waals surface area contributed by atoms with Crippen molar-refractivity contribution in [3.63, 3.8) is 0 Å². The van der Waals surface area contributed by atoms with E-state index in [0.717, 1.165) is 29.3 Å². The van der Waals surface area contributed by atoms with Crippen molar-refractivity contribution in [2.24, 2.45) is 16.5 Å². The van der Waals surface area contributed by atoms with E-state index in [-0.39, 0.29) is 5.96 Å². The van der Waals surface area contributed by atoms with E-state index >= 15 is 0 Å². The lowest BCUT2D eigenvalue weighted by molar-refractivity contribution is 0.100. The molecule has 23 heavy (non-hydrogen) atoms. The van der Waals surface area contributed by atoms with Gasteiger partial charge in [0.05, 0.1) is 5.52 Å². The standard InChI is InChI=1S/C18H20N4O/c1-11-10-21-15-8-7-13(17(23)22-18(19)20)9-14(15)16(11)12-5-3-2-4-6-12/h5,7-10H,2-4,6H2,1H3,(H4,19,20,22,23). The van der Waals surface area contributed by atoms with Gasteiger partial charge in [0.25, 0.3) is 5.91 Å². The van der Waals surface area contributed by atoms with E-state index in [0.29, 0.717) is 5.56 Å². The van der Waals surface area contributed by atoms with Crippen LogP contribution in [0.2, 0.25) is 0 Å². The number of amides is 1. The van der Waals surface area contributed by atoms with Gasteiger partial charge in [0.15, 0.2) is 5.96 Å². The van der Waals surface area contributed by atoms with Gasteiger partial charge in [-0.1, -0.05) is 6.08 Å². The number of nitrogens with zero attached hydrogens (tertiary/aromatic N) is 2. The topological polar surface area (TPSA) is 94.4 Å². The van der Waals surface area contributed by atoms with Crippen LogP contribution in [0.4, 0.5) is 0 Å². The molecule has 1 aliphatic rings. The molecular weight excluding hydrogens is 288 g/mol. The zero-order chi connectivity index (χ0) is 16.4. The van der Waals surface area contributed by atoms with E-state index in [4.69, 9.17) is 11.5 Å². The van der Waals surface area contributed by atoms with Crippen molar-refractivity contribution in [3.8, 4) is 0 Å². The monoisotopic (exact) mass is 308 g/mol. The van der Waals surface area contributed by atoms with Crippen LogP contribution in [-0.4, -0.2) is 16.9 Å². The van der Waals surface area contributed by atoms with Crippen molar-refractivity contribution in [3.05, 3.63) is 47.2 Å². The predicted octanol–water partition coefficient (Wildman–Crippen LogP) is 2.91. The number of hydrogen-bond donors (Lipinski definition) is 2. The fourth-order valence-electron chi connectivity index (χ4n) is 3.10. The number of fused-ring (bicyclic) bond motifs is 1. The third-order valence-electron chi connectivity index (χ3n) is 4.15. The smallest absolute Gasteiger partial charge is 0.280 e. The summed E-state index contributed by atoms with van der Waals surface area (Å²) in [6.07, 6.45) is 8.79. The Labute approximate surface area is 135 Å². The first-order valence-electron chi connectivity index (χ1n) is 7.79. The Kier molecular flexibility index (Phi) is 4.10. The molecule has 0 atom stereocenters. The molecule has 118 valence electrons. The van der Waals surface area contributed by atoms with Crippen LogP contribution in [0.25, 0.3) is 16.5 Å². The molecule has 5 heteroatoms. The molecule has 2 aromatic rings. The molecule has 1 aromatic carbocycles. The second-order valence-electron chi connectivity index (χ2n) is 5.87. The number of pyridine rings is 1. The SMILES string of the molecule is Cc1cnc2ccc(C(=O)N=C(N)N)cc2c1C1=CCCCC1. The molecule has 3 rings (SSSR count). The molecule has 0 radical (unpaired) electrons. The van der Waals surface area contributed by atoms with Gasteiger partial charge in [-0.3, -0.25) is 9.78 Å². The Bertz CT molecular complexity index is 832. The lowest BCUT2D eigenvalue weighted by atomic mass is 9.89. The highest BCUT2D eigenvalue weighted by Crippen LogP contribution is 2.33. The Morgan fingerprint density at radius 1 is 1.26 bits per heavy atom. The van der Waals surface area contributed by atoms with Crippen LogP contribution in [0.3, 0.4) is 0 Å². The van der Waals surface area contributed by atoms with Crippen molar-refractivity contribution in [1.29, 1.82) is 0 Å². The lowest BCUT2D eigenvalue weighted by Gasteiger charge is -2.17.